The lowest BCUT2D eigenvalue weighted by atomic mass is 9.96. The zero-order chi connectivity index (χ0) is 21.1. The van der Waals surface area contributed by atoms with E-state index in [2.05, 4.69) is 15.2 Å². The molecule has 9 heteroatoms. The van der Waals surface area contributed by atoms with Crippen molar-refractivity contribution in [2.45, 2.75) is 26.7 Å². The van der Waals surface area contributed by atoms with E-state index >= 15 is 4.39 Å². The van der Waals surface area contributed by atoms with E-state index in [0.29, 0.717) is 18.0 Å². The van der Waals surface area contributed by atoms with Crippen molar-refractivity contribution >= 4 is 22.5 Å². The van der Waals surface area contributed by atoms with Gasteiger partial charge in [0.15, 0.2) is 0 Å². The quantitative estimate of drug-likeness (QED) is 0.390. The average molecular weight is 398 g/mol. The van der Waals surface area contributed by atoms with Gasteiger partial charge in [0.05, 0.1) is 5.52 Å². The third-order valence-corrected chi connectivity index (χ3v) is 4.44. The summed E-state index contributed by atoms with van der Waals surface area (Å²) in [5, 5.41) is 24.8. The fraction of sp³-hybridized carbons (Fsp3) is 0.250. The van der Waals surface area contributed by atoms with Crippen molar-refractivity contribution in [3.63, 3.8) is 0 Å². The molecule has 0 radical (unpaired) electrons. The fourth-order valence-corrected chi connectivity index (χ4v) is 2.89. The number of oxime groups is 1. The van der Waals surface area contributed by atoms with Gasteiger partial charge in [0.1, 0.15) is 41.0 Å². The third kappa shape index (κ3) is 3.89. The molecular weight excluding hydrogens is 378 g/mol. The molecule has 3 rings (SSSR count). The number of hydrogen-bond donors (Lipinski definition) is 2. The minimum atomic E-state index is -0.999. The van der Waals surface area contributed by atoms with Crippen molar-refractivity contribution in [2.75, 3.05) is 6.61 Å². The lowest BCUT2D eigenvalue weighted by molar-refractivity contribution is 0.159. The Morgan fingerprint density at radius 1 is 1.31 bits per heavy atom. The summed E-state index contributed by atoms with van der Waals surface area (Å²) in [7, 11) is 0. The maximum Gasteiger partial charge on any atom is 0.148 e. The van der Waals surface area contributed by atoms with Crippen LogP contribution >= 0.6 is 0 Å². The Hall–Kier alpha value is -3.49. The Morgan fingerprint density at radius 3 is 2.79 bits per heavy atom. The minimum absolute atomic E-state index is 0.0990. The van der Waals surface area contributed by atoms with E-state index in [9.17, 15) is 4.39 Å². The van der Waals surface area contributed by atoms with E-state index in [1.165, 1.54) is 25.3 Å². The molecule has 0 bridgehead atoms. The molecule has 0 amide bonds. The predicted molar refractivity (Wildman–Crippen MR) is 105 cm³/mol. The molecule has 2 aromatic heterocycles. The van der Waals surface area contributed by atoms with Crippen LogP contribution in [0.5, 0.6) is 0 Å². The maximum atomic E-state index is 15.0. The summed E-state index contributed by atoms with van der Waals surface area (Å²) in [4.78, 5) is 8.97. The number of aromatic nitrogens is 3. The van der Waals surface area contributed by atoms with Gasteiger partial charge in [-0.05, 0) is 38.1 Å². The molecule has 2 heterocycles. The molecule has 1 unspecified atom stereocenters. The molecule has 0 aliphatic heterocycles. The first-order valence-electron chi connectivity index (χ1n) is 8.98. The van der Waals surface area contributed by atoms with Crippen molar-refractivity contribution in [3.8, 4) is 0 Å². The third-order valence-electron chi connectivity index (χ3n) is 4.44. The summed E-state index contributed by atoms with van der Waals surface area (Å²) in [6.45, 7) is 5.34. The van der Waals surface area contributed by atoms with Gasteiger partial charge in [-0.25, -0.2) is 13.5 Å². The number of fused-ring (bicyclic) bond motifs is 1. The fourth-order valence-electron chi connectivity index (χ4n) is 2.89. The highest BCUT2D eigenvalue weighted by Crippen LogP contribution is 2.29. The first-order valence-corrected chi connectivity index (χ1v) is 8.98. The average Bonchev–Trinajstić information content (AvgIpc) is 2.71. The molecule has 2 N–H and O–H groups in total. The lowest BCUT2D eigenvalue weighted by Crippen LogP contribution is -2.33. The second kappa shape index (κ2) is 8.26. The molecule has 0 aliphatic carbocycles. The Morgan fingerprint density at radius 2 is 2.07 bits per heavy atom. The van der Waals surface area contributed by atoms with E-state index < -0.39 is 17.6 Å². The molecule has 1 aromatic carbocycles. The van der Waals surface area contributed by atoms with E-state index in [0.717, 1.165) is 10.7 Å². The topological polar surface area (TPSA) is 100 Å². The van der Waals surface area contributed by atoms with Crippen molar-refractivity contribution in [1.29, 1.82) is 10.8 Å². The summed E-state index contributed by atoms with van der Waals surface area (Å²) in [6.07, 6.45) is 1.45. The number of nitrogens with one attached hydrogen (secondary N) is 2. The number of halogens is 2. The smallest absolute Gasteiger partial charge is 0.148 e. The highest BCUT2D eigenvalue weighted by molar-refractivity contribution is 5.97. The van der Waals surface area contributed by atoms with Gasteiger partial charge >= 0.3 is 0 Å². The number of hydrogen-bond acceptors (Lipinski definition) is 6. The zero-order valence-electron chi connectivity index (χ0n) is 16.2. The van der Waals surface area contributed by atoms with Gasteiger partial charge in [-0.2, -0.15) is 5.10 Å². The summed E-state index contributed by atoms with van der Waals surface area (Å²) in [5.74, 6) is -2.83. The molecule has 29 heavy (non-hydrogen) atoms. The highest BCUT2D eigenvalue weighted by Gasteiger charge is 2.24. The second-order valence-electron chi connectivity index (χ2n) is 6.37. The molecule has 0 saturated heterocycles. The minimum Gasteiger partial charge on any atom is -0.396 e. The predicted octanol–water partition coefficient (Wildman–Crippen LogP) is 3.58. The molecule has 0 spiro atoms. The number of pyridine rings is 1. The van der Waals surface area contributed by atoms with E-state index in [-0.39, 0.29) is 27.8 Å². The Labute approximate surface area is 165 Å². The summed E-state index contributed by atoms with van der Waals surface area (Å²) in [5.41, 5.74) is 0.666. The molecule has 3 aromatic rings. The Bertz CT molecular complexity index is 1170. The van der Waals surface area contributed by atoms with E-state index in [1.807, 2.05) is 0 Å². The van der Waals surface area contributed by atoms with Crippen LogP contribution in [-0.4, -0.2) is 32.9 Å². The van der Waals surface area contributed by atoms with Crippen molar-refractivity contribution in [3.05, 3.63) is 64.9 Å². The number of nitrogens with zero attached hydrogens (tertiary/aromatic N) is 4. The van der Waals surface area contributed by atoms with E-state index in [4.69, 9.17) is 15.7 Å². The molecule has 1 atom stereocenters. The number of benzene rings is 1. The van der Waals surface area contributed by atoms with Crippen molar-refractivity contribution < 1.29 is 13.6 Å². The SMILES string of the molecule is CCON=C(C)c1ccc(=N)n(C(=N)C(C)c2c(F)cc3ncccc3c2F)n1. The van der Waals surface area contributed by atoms with Gasteiger partial charge in [0.25, 0.3) is 0 Å². The summed E-state index contributed by atoms with van der Waals surface area (Å²) in [6, 6.07) is 7.22. The van der Waals surface area contributed by atoms with Crippen LogP contribution < -0.4 is 5.49 Å². The van der Waals surface area contributed by atoms with Crippen LogP contribution in [-0.2, 0) is 4.84 Å². The first-order chi connectivity index (χ1) is 13.8. The van der Waals surface area contributed by atoms with Crippen molar-refractivity contribution in [1.82, 2.24) is 14.8 Å². The van der Waals surface area contributed by atoms with Gasteiger partial charge in [-0.3, -0.25) is 15.8 Å². The van der Waals surface area contributed by atoms with Crippen LogP contribution in [0.25, 0.3) is 10.9 Å². The largest absolute Gasteiger partial charge is 0.396 e. The highest BCUT2D eigenvalue weighted by atomic mass is 19.1. The molecule has 150 valence electrons. The first kappa shape index (κ1) is 20.2. The van der Waals surface area contributed by atoms with Crippen LogP contribution in [0, 0.1) is 22.5 Å². The van der Waals surface area contributed by atoms with Gasteiger partial charge in [0, 0.05) is 29.1 Å². The summed E-state index contributed by atoms with van der Waals surface area (Å²) < 4.78 is 30.7. The Kier molecular flexibility index (Phi) is 5.76. The van der Waals surface area contributed by atoms with Crippen LogP contribution in [0.2, 0.25) is 0 Å². The van der Waals surface area contributed by atoms with Gasteiger partial charge < -0.3 is 4.84 Å². The Balaban J connectivity index is 2.06. The zero-order valence-corrected chi connectivity index (χ0v) is 16.2. The van der Waals surface area contributed by atoms with Crippen LogP contribution in [0.4, 0.5) is 8.78 Å². The van der Waals surface area contributed by atoms with Crippen molar-refractivity contribution in [2.24, 2.45) is 5.16 Å². The van der Waals surface area contributed by atoms with Crippen LogP contribution in [0.3, 0.4) is 0 Å². The summed E-state index contributed by atoms with van der Waals surface area (Å²) >= 11 is 0. The second-order valence-corrected chi connectivity index (χ2v) is 6.37. The lowest BCUT2D eigenvalue weighted by Gasteiger charge is -2.18. The van der Waals surface area contributed by atoms with Gasteiger partial charge in [0.2, 0.25) is 0 Å². The molecule has 0 aliphatic rings. The van der Waals surface area contributed by atoms with Crippen LogP contribution in [0.1, 0.15) is 37.9 Å². The monoisotopic (exact) mass is 398 g/mol. The molecule has 0 saturated carbocycles. The molecular formula is C20H20F2N6O. The molecule has 7 nitrogen and oxygen atoms in total. The van der Waals surface area contributed by atoms with E-state index in [1.54, 1.807) is 26.0 Å². The normalized spacial score (nSPS) is 12.8. The van der Waals surface area contributed by atoms with Gasteiger partial charge in [-0.1, -0.05) is 12.1 Å². The standard InChI is InChI=1S/C20H20F2N6O/c1-4-29-27-12(3)15-7-8-17(23)28(26-15)20(24)11(2)18-14(21)10-16-13(19(18)22)6-5-9-25-16/h5-11,23-24H,4H2,1-3H3. The number of rotatable bonds is 5. The van der Waals surface area contributed by atoms with Gasteiger partial charge in [-0.15, -0.1) is 0 Å². The molecule has 0 fully saturated rings. The van der Waals surface area contributed by atoms with Crippen LogP contribution in [0.15, 0.2) is 41.7 Å². The maximum absolute atomic E-state index is 15.0.